The van der Waals surface area contributed by atoms with Crippen LogP contribution in [0.2, 0.25) is 0 Å². The van der Waals surface area contributed by atoms with Gasteiger partial charge in [-0.15, -0.1) is 0 Å². The monoisotopic (exact) mass is 543 g/mol. The van der Waals surface area contributed by atoms with Gasteiger partial charge in [-0.3, -0.25) is 24.1 Å². The molecule has 0 unspecified atom stereocenters. The van der Waals surface area contributed by atoms with Crippen molar-refractivity contribution in [3.8, 4) is 0 Å². The molecule has 0 radical (unpaired) electrons. The summed E-state index contributed by atoms with van der Waals surface area (Å²) < 4.78 is 5.08. The lowest BCUT2D eigenvalue weighted by Crippen LogP contribution is -2.36. The average molecular weight is 544 g/mol. The fraction of sp³-hybridized carbons (Fsp3) is 0.138. The molecule has 3 aromatic carbocycles. The zero-order valence-corrected chi connectivity index (χ0v) is 22.0. The molecule has 3 aromatic rings. The summed E-state index contributed by atoms with van der Waals surface area (Å²) in [5.41, 5.74) is 3.91. The zero-order valence-electron chi connectivity index (χ0n) is 21.2. The van der Waals surface area contributed by atoms with E-state index in [0.29, 0.717) is 16.9 Å². The molecule has 1 aliphatic rings. The Morgan fingerprint density at radius 1 is 0.872 bits per heavy atom. The Balaban J connectivity index is 1.31. The van der Waals surface area contributed by atoms with E-state index in [4.69, 9.17) is 4.74 Å². The Morgan fingerprint density at radius 2 is 1.56 bits per heavy atom. The van der Waals surface area contributed by atoms with Crippen LogP contribution in [0.5, 0.6) is 0 Å². The van der Waals surface area contributed by atoms with E-state index < -0.39 is 42.1 Å². The number of thioether (sulfide) groups is 1. The Hall–Kier alpha value is -4.70. The van der Waals surface area contributed by atoms with E-state index in [1.165, 1.54) is 18.2 Å². The van der Waals surface area contributed by atoms with Gasteiger partial charge in [0.1, 0.15) is 6.54 Å². The van der Waals surface area contributed by atoms with Gasteiger partial charge in [-0.25, -0.2) is 4.79 Å². The molecule has 1 aliphatic heterocycles. The number of para-hydroxylation sites is 1. The predicted octanol–water partition coefficient (Wildman–Crippen LogP) is 4.77. The number of aryl methyl sites for hydroxylation is 2. The molecule has 0 spiro atoms. The lowest BCUT2D eigenvalue weighted by Gasteiger charge is -2.13. The summed E-state index contributed by atoms with van der Waals surface area (Å²) >= 11 is 0.734. The van der Waals surface area contributed by atoms with Gasteiger partial charge in [-0.1, -0.05) is 48.0 Å². The van der Waals surface area contributed by atoms with Crippen LogP contribution in [0.3, 0.4) is 0 Å². The number of nitrogens with one attached hydrogen (secondary N) is 2. The van der Waals surface area contributed by atoms with E-state index in [-0.39, 0.29) is 10.5 Å². The Kier molecular flexibility index (Phi) is 8.57. The standard InChI is InChI=1S/C29H25N3O6S/c1-18-7-13-22(14-8-18)30-26(34)17-38-28(36)21-11-9-20(10-12-21)15-24-27(35)32(29(37)39-24)16-25(33)31-23-6-4-3-5-19(23)2/h3-15H,16-17H2,1-2H3,(H,30,34)(H,31,33)/b24-15-. The molecule has 10 heteroatoms. The molecule has 9 nitrogen and oxygen atoms in total. The summed E-state index contributed by atoms with van der Waals surface area (Å²) in [6.07, 6.45) is 1.51. The van der Waals surface area contributed by atoms with E-state index >= 15 is 0 Å². The van der Waals surface area contributed by atoms with Crippen molar-refractivity contribution in [2.75, 3.05) is 23.8 Å². The van der Waals surface area contributed by atoms with Crippen LogP contribution in [0.1, 0.15) is 27.0 Å². The largest absolute Gasteiger partial charge is 0.452 e. The molecule has 2 N–H and O–H groups in total. The number of anilines is 2. The van der Waals surface area contributed by atoms with Crippen LogP contribution in [0.25, 0.3) is 6.08 Å². The quantitative estimate of drug-likeness (QED) is 0.310. The molecule has 1 saturated heterocycles. The summed E-state index contributed by atoms with van der Waals surface area (Å²) in [7, 11) is 0. The maximum atomic E-state index is 12.8. The van der Waals surface area contributed by atoms with Crippen molar-refractivity contribution in [3.63, 3.8) is 0 Å². The highest BCUT2D eigenvalue weighted by Gasteiger charge is 2.36. The molecule has 0 aliphatic carbocycles. The van der Waals surface area contributed by atoms with Crippen molar-refractivity contribution in [1.82, 2.24) is 4.90 Å². The van der Waals surface area contributed by atoms with Gasteiger partial charge >= 0.3 is 5.97 Å². The van der Waals surface area contributed by atoms with Gasteiger partial charge in [0.25, 0.3) is 17.1 Å². The molecule has 0 saturated carbocycles. The van der Waals surface area contributed by atoms with Crippen molar-refractivity contribution in [2.45, 2.75) is 13.8 Å². The number of amides is 4. The molecule has 0 aromatic heterocycles. The minimum Gasteiger partial charge on any atom is -0.452 e. The van der Waals surface area contributed by atoms with Gasteiger partial charge in [0.15, 0.2) is 6.61 Å². The van der Waals surface area contributed by atoms with Crippen LogP contribution in [0.4, 0.5) is 16.2 Å². The van der Waals surface area contributed by atoms with Gasteiger partial charge in [0, 0.05) is 11.4 Å². The number of hydrogen-bond donors (Lipinski definition) is 2. The summed E-state index contributed by atoms with van der Waals surface area (Å²) in [5.74, 6) is -2.20. The summed E-state index contributed by atoms with van der Waals surface area (Å²) in [6, 6.07) is 20.6. The van der Waals surface area contributed by atoms with Gasteiger partial charge in [-0.05, 0) is 73.1 Å². The smallest absolute Gasteiger partial charge is 0.338 e. The van der Waals surface area contributed by atoms with E-state index in [0.717, 1.165) is 27.8 Å². The van der Waals surface area contributed by atoms with Crippen LogP contribution in [-0.4, -0.2) is 47.0 Å². The highest BCUT2D eigenvalue weighted by Crippen LogP contribution is 2.32. The first-order valence-corrected chi connectivity index (χ1v) is 12.8. The third kappa shape index (κ3) is 7.20. The normalized spacial score (nSPS) is 13.9. The molecule has 198 valence electrons. The number of ether oxygens (including phenoxy) is 1. The Bertz CT molecular complexity index is 1470. The first-order chi connectivity index (χ1) is 18.7. The minimum atomic E-state index is -0.680. The minimum absolute atomic E-state index is 0.159. The number of nitrogens with zero attached hydrogens (tertiary/aromatic N) is 1. The number of esters is 1. The second-order valence-electron chi connectivity index (χ2n) is 8.74. The SMILES string of the molecule is Cc1ccc(NC(=O)COC(=O)c2ccc(/C=C3\SC(=O)N(CC(=O)Nc4ccccc4C)C3=O)cc2)cc1. The highest BCUT2D eigenvalue weighted by atomic mass is 32.2. The maximum Gasteiger partial charge on any atom is 0.338 e. The molecule has 4 rings (SSSR count). The number of imide groups is 1. The van der Waals surface area contributed by atoms with E-state index in [2.05, 4.69) is 10.6 Å². The van der Waals surface area contributed by atoms with Crippen LogP contribution in [0, 0.1) is 13.8 Å². The average Bonchev–Trinajstić information content (AvgIpc) is 3.17. The van der Waals surface area contributed by atoms with Crippen LogP contribution in [0.15, 0.2) is 77.7 Å². The summed E-state index contributed by atoms with van der Waals surface area (Å²) in [5, 5.41) is 4.81. The Labute approximate surface area is 229 Å². The van der Waals surface area contributed by atoms with Crippen molar-refractivity contribution in [1.29, 1.82) is 0 Å². The predicted molar refractivity (Wildman–Crippen MR) is 149 cm³/mol. The molecule has 4 amide bonds. The van der Waals surface area contributed by atoms with Gasteiger partial charge in [0.05, 0.1) is 10.5 Å². The molecule has 0 bridgehead atoms. The number of carbonyl (C=O) groups is 5. The van der Waals surface area contributed by atoms with E-state index in [9.17, 15) is 24.0 Å². The molecular weight excluding hydrogens is 518 g/mol. The lowest BCUT2D eigenvalue weighted by atomic mass is 10.1. The van der Waals surface area contributed by atoms with Crippen LogP contribution >= 0.6 is 11.8 Å². The summed E-state index contributed by atoms with van der Waals surface area (Å²) in [4.78, 5) is 63.0. The van der Waals surface area contributed by atoms with Crippen LogP contribution < -0.4 is 10.6 Å². The fourth-order valence-electron chi connectivity index (χ4n) is 3.60. The number of rotatable bonds is 8. The molecule has 39 heavy (non-hydrogen) atoms. The third-order valence-corrected chi connectivity index (χ3v) is 6.62. The first-order valence-electron chi connectivity index (χ1n) is 11.9. The van der Waals surface area contributed by atoms with E-state index in [1.807, 2.05) is 38.1 Å². The number of benzene rings is 3. The van der Waals surface area contributed by atoms with Crippen molar-refractivity contribution < 1.29 is 28.7 Å². The second kappa shape index (κ2) is 12.2. The maximum absolute atomic E-state index is 12.8. The number of carbonyl (C=O) groups excluding carboxylic acids is 5. The van der Waals surface area contributed by atoms with E-state index in [1.54, 1.807) is 36.4 Å². The van der Waals surface area contributed by atoms with Crippen molar-refractivity contribution >= 4 is 58.1 Å². The second-order valence-corrected chi connectivity index (χ2v) is 9.74. The molecule has 1 heterocycles. The topological polar surface area (TPSA) is 122 Å². The molecule has 1 fully saturated rings. The number of hydrogen-bond acceptors (Lipinski definition) is 7. The highest BCUT2D eigenvalue weighted by molar-refractivity contribution is 8.18. The summed E-state index contributed by atoms with van der Waals surface area (Å²) in [6.45, 7) is 2.92. The fourth-order valence-corrected chi connectivity index (χ4v) is 4.44. The first kappa shape index (κ1) is 27.3. The molecular formula is C29H25N3O6S. The van der Waals surface area contributed by atoms with Gasteiger partial charge < -0.3 is 15.4 Å². The lowest BCUT2D eigenvalue weighted by molar-refractivity contribution is -0.127. The van der Waals surface area contributed by atoms with Gasteiger partial charge in [0.2, 0.25) is 5.91 Å². The van der Waals surface area contributed by atoms with Crippen molar-refractivity contribution in [2.24, 2.45) is 0 Å². The van der Waals surface area contributed by atoms with Crippen molar-refractivity contribution in [3.05, 3.63) is 100.0 Å². The zero-order chi connectivity index (χ0) is 27.9. The third-order valence-electron chi connectivity index (χ3n) is 5.71. The Morgan fingerprint density at radius 3 is 2.26 bits per heavy atom. The van der Waals surface area contributed by atoms with Gasteiger partial charge in [-0.2, -0.15) is 0 Å². The van der Waals surface area contributed by atoms with Crippen LogP contribution in [-0.2, 0) is 19.1 Å². The molecule has 0 atom stereocenters.